The third-order valence-corrected chi connectivity index (χ3v) is 2.52. The van der Waals surface area contributed by atoms with Crippen LogP contribution in [0.15, 0.2) is 24.3 Å². The minimum atomic E-state index is -2.69. The average Bonchev–Trinajstić information content (AvgIpc) is 2.49. The Bertz CT molecular complexity index is 489. The van der Waals surface area contributed by atoms with E-state index in [1.165, 1.54) is 0 Å². The second-order valence-electron chi connectivity index (χ2n) is 4.19. The first-order valence-electron chi connectivity index (χ1n) is 9.16. The molecular formula is C15H25NO3. The minimum Gasteiger partial charge on any atom is -0.491 e. The van der Waals surface area contributed by atoms with E-state index in [1.807, 2.05) is 12.1 Å². The zero-order chi connectivity index (χ0) is 19.1. The van der Waals surface area contributed by atoms with E-state index in [-0.39, 0.29) is 13.2 Å². The maximum Gasteiger partial charge on any atom is 0.119 e. The van der Waals surface area contributed by atoms with Gasteiger partial charge in [-0.2, -0.15) is 0 Å². The van der Waals surface area contributed by atoms with Gasteiger partial charge in [0.2, 0.25) is 0 Å². The van der Waals surface area contributed by atoms with E-state index in [0.717, 1.165) is 12.0 Å². The van der Waals surface area contributed by atoms with Gasteiger partial charge in [-0.3, -0.25) is 0 Å². The lowest BCUT2D eigenvalue weighted by molar-refractivity contribution is 0.104. The summed E-state index contributed by atoms with van der Waals surface area (Å²) in [5, 5.41) is 12.3. The van der Waals surface area contributed by atoms with Gasteiger partial charge in [0.05, 0.1) is 6.61 Å². The molecule has 108 valence electrons. The molecule has 0 radical (unpaired) electrons. The summed E-state index contributed by atoms with van der Waals surface area (Å²) in [6.07, 6.45) is -0.255. The standard InChI is InChI=1S/C15H25NO3/c1-12(2)16-10-14(17)11-19-15-6-4-13(5-7-15)8-9-18-3/h4-7,12,14,16-17H,8-11H2,1-3H3/i1D3,2D3. The van der Waals surface area contributed by atoms with Crippen molar-refractivity contribution < 1.29 is 22.8 Å². The third kappa shape index (κ3) is 7.15. The number of hydrogen-bond acceptors (Lipinski definition) is 4. The molecule has 1 unspecified atom stereocenters. The molecule has 0 bridgehead atoms. The Hall–Kier alpha value is -1.10. The molecular weight excluding hydrogens is 242 g/mol. The summed E-state index contributed by atoms with van der Waals surface area (Å²) in [4.78, 5) is 0. The largest absolute Gasteiger partial charge is 0.491 e. The van der Waals surface area contributed by atoms with Crippen LogP contribution in [0.4, 0.5) is 0 Å². The summed E-state index contributed by atoms with van der Waals surface area (Å²) in [5.41, 5.74) is 1.09. The van der Waals surface area contributed by atoms with Crippen molar-refractivity contribution in [2.45, 2.75) is 32.3 Å². The fraction of sp³-hybridized carbons (Fsp3) is 0.600. The zero-order valence-corrected chi connectivity index (χ0v) is 11.1. The van der Waals surface area contributed by atoms with E-state index in [4.69, 9.17) is 17.7 Å². The molecule has 4 heteroatoms. The molecule has 0 saturated heterocycles. The van der Waals surface area contributed by atoms with Gasteiger partial charge in [0.1, 0.15) is 18.5 Å². The number of aliphatic hydroxyl groups excluding tert-OH is 1. The molecule has 1 aromatic carbocycles. The highest BCUT2D eigenvalue weighted by Gasteiger charge is 2.05. The number of rotatable bonds is 9. The smallest absolute Gasteiger partial charge is 0.119 e. The molecule has 1 atom stereocenters. The number of hydrogen-bond donors (Lipinski definition) is 2. The Morgan fingerprint density at radius 1 is 1.32 bits per heavy atom. The molecule has 1 aromatic rings. The van der Waals surface area contributed by atoms with Crippen LogP contribution in [0.2, 0.25) is 0 Å². The summed E-state index contributed by atoms with van der Waals surface area (Å²) >= 11 is 0. The van der Waals surface area contributed by atoms with Crippen LogP contribution in [0.5, 0.6) is 5.75 Å². The molecule has 0 spiro atoms. The molecule has 0 aliphatic carbocycles. The van der Waals surface area contributed by atoms with Crippen LogP contribution in [0, 0.1) is 0 Å². The maximum atomic E-state index is 9.89. The minimum absolute atomic E-state index is 0.0842. The fourth-order valence-corrected chi connectivity index (χ4v) is 1.48. The summed E-state index contributed by atoms with van der Waals surface area (Å²) < 4.78 is 54.1. The average molecular weight is 273 g/mol. The number of methoxy groups -OCH3 is 1. The Morgan fingerprint density at radius 2 is 2.05 bits per heavy atom. The van der Waals surface area contributed by atoms with Gasteiger partial charge in [-0.15, -0.1) is 0 Å². The lowest BCUT2D eigenvalue weighted by Crippen LogP contribution is -2.35. The van der Waals surface area contributed by atoms with Crippen molar-refractivity contribution in [1.82, 2.24) is 5.32 Å². The zero-order valence-electron chi connectivity index (χ0n) is 17.1. The van der Waals surface area contributed by atoms with Crippen molar-refractivity contribution in [3.8, 4) is 5.75 Å². The van der Waals surface area contributed by atoms with Crippen LogP contribution >= 0.6 is 0 Å². The van der Waals surface area contributed by atoms with Crippen molar-refractivity contribution in [3.05, 3.63) is 29.8 Å². The lowest BCUT2D eigenvalue weighted by Gasteiger charge is -2.15. The Kier molecular flexibility index (Phi) is 4.20. The highest BCUT2D eigenvalue weighted by atomic mass is 16.5. The monoisotopic (exact) mass is 273 g/mol. The van der Waals surface area contributed by atoms with Gasteiger partial charge >= 0.3 is 0 Å². The van der Waals surface area contributed by atoms with Crippen molar-refractivity contribution in [3.63, 3.8) is 0 Å². The normalized spacial score (nSPS) is 18.7. The second kappa shape index (κ2) is 8.91. The van der Waals surface area contributed by atoms with Gasteiger partial charge in [0.25, 0.3) is 0 Å². The number of nitrogens with one attached hydrogen (secondary N) is 1. The van der Waals surface area contributed by atoms with E-state index >= 15 is 0 Å². The molecule has 0 saturated carbocycles. The predicted molar refractivity (Wildman–Crippen MR) is 76.7 cm³/mol. The van der Waals surface area contributed by atoms with Gasteiger partial charge in [-0.25, -0.2) is 0 Å². The van der Waals surface area contributed by atoms with E-state index in [2.05, 4.69) is 5.32 Å². The number of ether oxygens (including phenoxy) is 2. The molecule has 19 heavy (non-hydrogen) atoms. The number of benzene rings is 1. The first-order valence-corrected chi connectivity index (χ1v) is 6.16. The second-order valence-corrected chi connectivity index (χ2v) is 4.19. The SMILES string of the molecule is [2H]C([2H])([2H])C(NCC(O)COc1ccc(CCOC)cc1)C([2H])([2H])[2H]. The van der Waals surface area contributed by atoms with Gasteiger partial charge in [-0.1, -0.05) is 25.8 Å². The molecule has 0 amide bonds. The molecule has 4 nitrogen and oxygen atoms in total. The summed E-state index contributed by atoms with van der Waals surface area (Å²) in [7, 11) is 1.63. The lowest BCUT2D eigenvalue weighted by atomic mass is 10.1. The fourth-order valence-electron chi connectivity index (χ4n) is 1.48. The van der Waals surface area contributed by atoms with Crippen LogP contribution in [0.25, 0.3) is 0 Å². The molecule has 0 aliphatic rings. The first kappa shape index (κ1) is 8.95. The quantitative estimate of drug-likeness (QED) is 0.718. The molecule has 0 heterocycles. The van der Waals surface area contributed by atoms with Crippen LogP contribution in [0.3, 0.4) is 0 Å². The summed E-state index contributed by atoms with van der Waals surface area (Å²) in [6, 6.07) is 5.60. The first-order chi connectivity index (χ1) is 11.5. The molecule has 0 fully saturated rings. The highest BCUT2D eigenvalue weighted by molar-refractivity contribution is 5.27. The Balaban J connectivity index is 2.45. The van der Waals surface area contributed by atoms with Crippen molar-refractivity contribution in [1.29, 1.82) is 0 Å². The van der Waals surface area contributed by atoms with E-state index in [1.54, 1.807) is 19.2 Å². The molecule has 1 rings (SSSR count). The summed E-state index contributed by atoms with van der Waals surface area (Å²) in [6.45, 7) is -5.04. The van der Waals surface area contributed by atoms with Crippen LogP contribution in [0.1, 0.15) is 27.5 Å². The number of aliphatic hydroxyl groups is 1. The molecule has 0 aromatic heterocycles. The third-order valence-electron chi connectivity index (χ3n) is 2.52. The van der Waals surface area contributed by atoms with Crippen molar-refractivity contribution >= 4 is 0 Å². The van der Waals surface area contributed by atoms with Gasteiger partial charge in [-0.05, 0) is 24.1 Å². The Morgan fingerprint density at radius 3 is 2.68 bits per heavy atom. The van der Waals surface area contributed by atoms with Crippen LogP contribution in [-0.2, 0) is 11.2 Å². The van der Waals surface area contributed by atoms with Crippen LogP contribution in [-0.4, -0.2) is 44.1 Å². The van der Waals surface area contributed by atoms with Crippen molar-refractivity contribution in [2.24, 2.45) is 0 Å². The van der Waals surface area contributed by atoms with E-state index < -0.39 is 25.8 Å². The van der Waals surface area contributed by atoms with E-state index in [9.17, 15) is 5.11 Å². The van der Waals surface area contributed by atoms with Crippen LogP contribution < -0.4 is 10.1 Å². The maximum absolute atomic E-state index is 9.89. The van der Waals surface area contributed by atoms with E-state index in [0.29, 0.717) is 12.4 Å². The highest BCUT2D eigenvalue weighted by Crippen LogP contribution is 2.12. The predicted octanol–water partition coefficient (Wildman–Crippen LogP) is 1.61. The topological polar surface area (TPSA) is 50.7 Å². The molecule has 2 N–H and O–H groups in total. The van der Waals surface area contributed by atoms with Gasteiger partial charge in [0.15, 0.2) is 0 Å². The van der Waals surface area contributed by atoms with Gasteiger partial charge in [0, 0.05) is 27.9 Å². The van der Waals surface area contributed by atoms with Gasteiger partial charge < -0.3 is 19.9 Å². The van der Waals surface area contributed by atoms with Crippen molar-refractivity contribution in [2.75, 3.05) is 26.9 Å². The Labute approximate surface area is 124 Å². The summed E-state index contributed by atoms with van der Waals surface area (Å²) in [5.74, 6) is 0.559. The molecule has 0 aliphatic heterocycles.